The molecule has 0 radical (unpaired) electrons. The topological polar surface area (TPSA) is 72.7 Å². The lowest BCUT2D eigenvalue weighted by Gasteiger charge is -2.15. The summed E-state index contributed by atoms with van der Waals surface area (Å²) in [4.78, 5) is 22.3. The molecule has 2 rings (SSSR count). The fraction of sp³-hybridized carbons (Fsp3) is 0.364. The van der Waals surface area contributed by atoms with Gasteiger partial charge in [0.1, 0.15) is 5.75 Å². The van der Waals surface area contributed by atoms with Crippen molar-refractivity contribution in [3.63, 3.8) is 0 Å². The number of benzene rings is 1. The molecule has 19 heavy (non-hydrogen) atoms. The van der Waals surface area contributed by atoms with Crippen LogP contribution >= 0.6 is 0 Å². The number of nitrogens with zero attached hydrogens (tertiary/aromatic N) is 2. The fourth-order valence-electron chi connectivity index (χ4n) is 1.69. The summed E-state index contributed by atoms with van der Waals surface area (Å²) >= 11 is 0. The molecule has 1 saturated heterocycles. The second-order valence-corrected chi connectivity index (χ2v) is 4.15. The molecule has 0 saturated carbocycles. The molecule has 1 fully saturated rings. The second-order valence-electron chi connectivity index (χ2n) is 4.15. The molecule has 6 nitrogen and oxygen atoms in total. The summed E-state index contributed by atoms with van der Waals surface area (Å²) in [6.45, 7) is -0.738. The Morgan fingerprint density at radius 3 is 2.47 bits per heavy atom. The minimum atomic E-state index is -2.88. The summed E-state index contributed by atoms with van der Waals surface area (Å²) in [6, 6.07) is 4.82. The maximum Gasteiger partial charge on any atom is 0.415 e. The van der Waals surface area contributed by atoms with Crippen molar-refractivity contribution in [2.24, 2.45) is 0 Å². The minimum Gasteiger partial charge on any atom is -0.410 e. The largest absolute Gasteiger partial charge is 0.415 e. The number of hydrogen-bond acceptors (Lipinski definition) is 4. The number of rotatable bonds is 2. The van der Waals surface area contributed by atoms with E-state index in [4.69, 9.17) is 4.74 Å². The molecule has 0 unspecified atom stereocenters. The molecule has 1 amide bonds. The molecule has 0 atom stereocenters. The van der Waals surface area contributed by atoms with Crippen molar-refractivity contribution < 1.29 is 23.2 Å². The Morgan fingerprint density at radius 1 is 1.37 bits per heavy atom. The normalized spacial score (nSPS) is 17.3. The van der Waals surface area contributed by atoms with E-state index in [0.717, 1.165) is 4.90 Å². The molecule has 8 heteroatoms. The highest BCUT2D eigenvalue weighted by molar-refractivity contribution is 5.71. The van der Waals surface area contributed by atoms with E-state index in [1.165, 1.54) is 24.3 Å². The van der Waals surface area contributed by atoms with Gasteiger partial charge in [0.15, 0.2) is 0 Å². The Bertz CT molecular complexity index is 504. The van der Waals surface area contributed by atoms with Gasteiger partial charge in [-0.1, -0.05) is 0 Å². The zero-order valence-electron chi connectivity index (χ0n) is 9.71. The molecular formula is C11H10F2N2O4. The number of alkyl halides is 2. The molecule has 1 aliphatic rings. The highest BCUT2D eigenvalue weighted by atomic mass is 19.3. The van der Waals surface area contributed by atoms with E-state index in [0.29, 0.717) is 0 Å². The van der Waals surface area contributed by atoms with Crippen LogP contribution in [0.1, 0.15) is 6.42 Å². The van der Waals surface area contributed by atoms with Crippen molar-refractivity contribution >= 4 is 11.8 Å². The van der Waals surface area contributed by atoms with E-state index in [9.17, 15) is 23.7 Å². The average molecular weight is 272 g/mol. The van der Waals surface area contributed by atoms with Crippen LogP contribution in [-0.2, 0) is 0 Å². The van der Waals surface area contributed by atoms with Gasteiger partial charge < -0.3 is 9.64 Å². The first-order valence-corrected chi connectivity index (χ1v) is 5.46. The summed E-state index contributed by atoms with van der Waals surface area (Å²) in [5, 5.41) is 10.4. The van der Waals surface area contributed by atoms with E-state index in [2.05, 4.69) is 0 Å². The smallest absolute Gasteiger partial charge is 0.410 e. The number of nitro groups is 1. The highest BCUT2D eigenvalue weighted by Crippen LogP contribution is 2.27. The third-order valence-corrected chi connectivity index (χ3v) is 2.68. The van der Waals surface area contributed by atoms with Gasteiger partial charge in [-0.15, -0.1) is 0 Å². The first-order valence-electron chi connectivity index (χ1n) is 5.46. The number of ether oxygens (including phenoxy) is 1. The fourth-order valence-corrected chi connectivity index (χ4v) is 1.69. The molecule has 0 aliphatic carbocycles. The Hall–Kier alpha value is -2.25. The number of carbonyl (C=O) groups is 1. The molecule has 1 aromatic carbocycles. The van der Waals surface area contributed by atoms with Crippen molar-refractivity contribution in [3.8, 4) is 5.75 Å². The number of carbonyl (C=O) groups excluding carboxylic acids is 1. The predicted molar refractivity (Wildman–Crippen MR) is 60.3 cm³/mol. The summed E-state index contributed by atoms with van der Waals surface area (Å²) in [5.74, 6) is -2.81. The maximum atomic E-state index is 12.9. The predicted octanol–water partition coefficient (Wildman–Crippen LogP) is 2.43. The molecule has 0 bridgehead atoms. The maximum absolute atomic E-state index is 12.9. The molecular weight excluding hydrogens is 262 g/mol. The monoisotopic (exact) mass is 272 g/mol. The van der Waals surface area contributed by atoms with Gasteiger partial charge in [0.2, 0.25) is 0 Å². The summed E-state index contributed by atoms with van der Waals surface area (Å²) in [7, 11) is 0. The molecule has 102 valence electrons. The molecule has 0 aromatic heterocycles. The highest BCUT2D eigenvalue weighted by Gasteiger charge is 2.41. The molecule has 0 spiro atoms. The Balaban J connectivity index is 1.98. The van der Waals surface area contributed by atoms with Crippen molar-refractivity contribution in [1.82, 2.24) is 4.90 Å². The van der Waals surface area contributed by atoms with Gasteiger partial charge in [0.05, 0.1) is 11.5 Å². The number of hydrogen-bond donors (Lipinski definition) is 0. The third-order valence-electron chi connectivity index (χ3n) is 2.68. The number of nitro benzene ring substituents is 1. The van der Waals surface area contributed by atoms with Gasteiger partial charge in [-0.3, -0.25) is 10.1 Å². The van der Waals surface area contributed by atoms with Crippen LogP contribution in [0.15, 0.2) is 24.3 Å². The van der Waals surface area contributed by atoms with Gasteiger partial charge in [-0.25, -0.2) is 13.6 Å². The van der Waals surface area contributed by atoms with Gasteiger partial charge >= 0.3 is 6.09 Å². The molecule has 0 N–H and O–H groups in total. The Labute approximate surface area is 106 Å². The zero-order valence-corrected chi connectivity index (χ0v) is 9.71. The van der Waals surface area contributed by atoms with Crippen molar-refractivity contribution in [2.45, 2.75) is 12.3 Å². The lowest BCUT2D eigenvalue weighted by Crippen LogP contribution is -2.33. The quantitative estimate of drug-likeness (QED) is 0.612. The first-order chi connectivity index (χ1) is 8.87. The van der Waals surface area contributed by atoms with E-state index in [1.54, 1.807) is 0 Å². The van der Waals surface area contributed by atoms with Crippen LogP contribution in [0.5, 0.6) is 5.75 Å². The number of halogens is 2. The van der Waals surface area contributed by atoms with Crippen LogP contribution in [0.4, 0.5) is 19.3 Å². The van der Waals surface area contributed by atoms with Gasteiger partial charge in [0, 0.05) is 25.1 Å². The summed E-state index contributed by atoms with van der Waals surface area (Å²) in [6.07, 6.45) is -1.27. The van der Waals surface area contributed by atoms with Crippen LogP contribution in [0.25, 0.3) is 0 Å². The van der Waals surface area contributed by atoms with Crippen LogP contribution < -0.4 is 4.74 Å². The lowest BCUT2D eigenvalue weighted by atomic mass is 10.3. The van der Waals surface area contributed by atoms with Crippen molar-refractivity contribution in [2.75, 3.05) is 13.1 Å². The Kier molecular flexibility index (Phi) is 3.32. The van der Waals surface area contributed by atoms with Gasteiger partial charge in [0.25, 0.3) is 11.6 Å². The molecule has 1 aliphatic heterocycles. The van der Waals surface area contributed by atoms with Crippen LogP contribution in [-0.4, -0.2) is 34.9 Å². The Morgan fingerprint density at radius 2 is 2.00 bits per heavy atom. The summed E-state index contributed by atoms with van der Waals surface area (Å²) < 4.78 is 30.7. The minimum absolute atomic E-state index is 0.0706. The summed E-state index contributed by atoms with van der Waals surface area (Å²) in [5.41, 5.74) is -0.146. The number of amides is 1. The van der Waals surface area contributed by atoms with Crippen molar-refractivity contribution in [1.29, 1.82) is 0 Å². The van der Waals surface area contributed by atoms with Crippen LogP contribution in [0.2, 0.25) is 0 Å². The van der Waals surface area contributed by atoms with E-state index < -0.39 is 23.5 Å². The standard InChI is InChI=1S/C11H10F2N2O4/c12-11(13)5-6-14(7-11)10(16)19-9-3-1-8(2-4-9)15(17)18/h1-4H,5-7H2. The lowest BCUT2D eigenvalue weighted by molar-refractivity contribution is -0.384. The van der Waals surface area contributed by atoms with Gasteiger partial charge in [-0.2, -0.15) is 0 Å². The molecule has 1 heterocycles. The van der Waals surface area contributed by atoms with E-state index in [-0.39, 0.29) is 24.4 Å². The van der Waals surface area contributed by atoms with E-state index >= 15 is 0 Å². The third kappa shape index (κ3) is 3.15. The van der Waals surface area contributed by atoms with Crippen LogP contribution in [0.3, 0.4) is 0 Å². The zero-order chi connectivity index (χ0) is 14.0. The van der Waals surface area contributed by atoms with Crippen LogP contribution in [0, 0.1) is 10.1 Å². The molecule has 1 aromatic rings. The van der Waals surface area contributed by atoms with E-state index in [1.807, 2.05) is 0 Å². The second kappa shape index (κ2) is 4.79. The van der Waals surface area contributed by atoms with Gasteiger partial charge in [-0.05, 0) is 12.1 Å². The number of likely N-dealkylation sites (tertiary alicyclic amines) is 1. The van der Waals surface area contributed by atoms with Crippen molar-refractivity contribution in [3.05, 3.63) is 34.4 Å². The SMILES string of the molecule is O=C(Oc1ccc([N+](=O)[O-])cc1)N1CCC(F)(F)C1. The average Bonchev–Trinajstić information content (AvgIpc) is 2.70. The number of non-ortho nitro benzene ring substituents is 1. The first kappa shape index (κ1) is 13.2.